The van der Waals surface area contributed by atoms with E-state index in [2.05, 4.69) is 0 Å². The number of carbonyl (C=O) groups excluding carboxylic acids is 2. The number of benzene rings is 1. The SMILES string of the molecule is CC(=O)CCCCC(=O)c1ccc(C)c(C)c1. The zero-order chi connectivity index (χ0) is 12.8. The summed E-state index contributed by atoms with van der Waals surface area (Å²) in [5, 5.41) is 0. The normalized spacial score (nSPS) is 10.3. The van der Waals surface area contributed by atoms with Gasteiger partial charge in [0.15, 0.2) is 5.78 Å². The third-order valence-corrected chi connectivity index (χ3v) is 3.01. The van der Waals surface area contributed by atoms with Gasteiger partial charge in [0.25, 0.3) is 0 Å². The van der Waals surface area contributed by atoms with Gasteiger partial charge in [0.05, 0.1) is 0 Å². The molecule has 0 aliphatic rings. The summed E-state index contributed by atoms with van der Waals surface area (Å²) in [4.78, 5) is 22.6. The maximum Gasteiger partial charge on any atom is 0.162 e. The largest absolute Gasteiger partial charge is 0.300 e. The molecule has 0 aromatic heterocycles. The van der Waals surface area contributed by atoms with Gasteiger partial charge in [-0.2, -0.15) is 0 Å². The van der Waals surface area contributed by atoms with Gasteiger partial charge in [-0.3, -0.25) is 4.79 Å². The topological polar surface area (TPSA) is 34.1 Å². The van der Waals surface area contributed by atoms with E-state index in [9.17, 15) is 9.59 Å². The molecule has 17 heavy (non-hydrogen) atoms. The number of rotatable bonds is 6. The fraction of sp³-hybridized carbons (Fsp3) is 0.467. The molecule has 92 valence electrons. The van der Waals surface area contributed by atoms with Crippen molar-refractivity contribution in [3.63, 3.8) is 0 Å². The lowest BCUT2D eigenvalue weighted by Gasteiger charge is -2.04. The molecule has 0 saturated heterocycles. The van der Waals surface area contributed by atoms with Crippen molar-refractivity contribution in [1.82, 2.24) is 0 Å². The molecule has 2 heteroatoms. The molecular weight excluding hydrogens is 212 g/mol. The molecule has 0 N–H and O–H groups in total. The van der Waals surface area contributed by atoms with Gasteiger partial charge in [0.2, 0.25) is 0 Å². The van der Waals surface area contributed by atoms with E-state index in [1.165, 1.54) is 5.56 Å². The van der Waals surface area contributed by atoms with Gasteiger partial charge in [0.1, 0.15) is 5.78 Å². The summed E-state index contributed by atoms with van der Waals surface area (Å²) in [5.41, 5.74) is 3.15. The Morgan fingerprint density at radius 3 is 2.24 bits per heavy atom. The summed E-state index contributed by atoms with van der Waals surface area (Å²) < 4.78 is 0. The van der Waals surface area contributed by atoms with Crippen LogP contribution in [-0.2, 0) is 4.79 Å². The smallest absolute Gasteiger partial charge is 0.162 e. The third kappa shape index (κ3) is 4.51. The number of hydrogen-bond donors (Lipinski definition) is 0. The second kappa shape index (κ2) is 6.33. The molecule has 0 fully saturated rings. The van der Waals surface area contributed by atoms with Crippen LogP contribution in [0.3, 0.4) is 0 Å². The van der Waals surface area contributed by atoms with Gasteiger partial charge in [0, 0.05) is 18.4 Å². The summed E-state index contributed by atoms with van der Waals surface area (Å²) in [6.45, 7) is 5.64. The Morgan fingerprint density at radius 2 is 1.65 bits per heavy atom. The number of Topliss-reactive ketones (excluding diaryl/α,β-unsaturated/α-hetero) is 2. The first-order chi connectivity index (χ1) is 8.00. The number of unbranched alkanes of at least 4 members (excludes halogenated alkanes) is 1. The fourth-order valence-electron chi connectivity index (χ4n) is 1.72. The van der Waals surface area contributed by atoms with Crippen LogP contribution in [0, 0.1) is 13.8 Å². The molecule has 0 bridgehead atoms. The minimum atomic E-state index is 0.177. The fourth-order valence-corrected chi connectivity index (χ4v) is 1.72. The van der Waals surface area contributed by atoms with Gasteiger partial charge < -0.3 is 4.79 Å². The Kier molecular flexibility index (Phi) is 5.08. The Balaban J connectivity index is 2.47. The lowest BCUT2D eigenvalue weighted by Crippen LogP contribution is -2.00. The highest BCUT2D eigenvalue weighted by Gasteiger charge is 2.06. The lowest BCUT2D eigenvalue weighted by atomic mass is 10.00. The Morgan fingerprint density at radius 1 is 1.00 bits per heavy atom. The van der Waals surface area contributed by atoms with Crippen LogP contribution in [0.4, 0.5) is 0 Å². The van der Waals surface area contributed by atoms with Crippen LogP contribution in [0.2, 0.25) is 0 Å². The molecule has 0 aliphatic carbocycles. The van der Waals surface area contributed by atoms with Crippen LogP contribution in [-0.4, -0.2) is 11.6 Å². The monoisotopic (exact) mass is 232 g/mol. The molecule has 1 aromatic rings. The van der Waals surface area contributed by atoms with Crippen molar-refractivity contribution in [1.29, 1.82) is 0 Å². The first-order valence-corrected chi connectivity index (χ1v) is 6.10. The molecule has 0 amide bonds. The molecular formula is C15H20O2. The first-order valence-electron chi connectivity index (χ1n) is 6.10. The molecule has 2 nitrogen and oxygen atoms in total. The van der Waals surface area contributed by atoms with Crippen LogP contribution < -0.4 is 0 Å². The third-order valence-electron chi connectivity index (χ3n) is 3.01. The molecule has 0 heterocycles. The molecule has 0 atom stereocenters. The van der Waals surface area contributed by atoms with Gasteiger partial charge in [-0.15, -0.1) is 0 Å². The highest BCUT2D eigenvalue weighted by atomic mass is 16.1. The summed E-state index contributed by atoms with van der Waals surface area (Å²) in [7, 11) is 0. The summed E-state index contributed by atoms with van der Waals surface area (Å²) in [6, 6.07) is 5.82. The van der Waals surface area contributed by atoms with Crippen molar-refractivity contribution in [2.24, 2.45) is 0 Å². The zero-order valence-corrected chi connectivity index (χ0v) is 10.9. The maximum absolute atomic E-state index is 11.9. The highest BCUT2D eigenvalue weighted by molar-refractivity contribution is 5.96. The zero-order valence-electron chi connectivity index (χ0n) is 10.9. The molecule has 0 spiro atoms. The number of ketones is 2. The quantitative estimate of drug-likeness (QED) is 0.554. The van der Waals surface area contributed by atoms with E-state index in [0.29, 0.717) is 12.8 Å². The van der Waals surface area contributed by atoms with Crippen LogP contribution in [0.25, 0.3) is 0 Å². The number of carbonyl (C=O) groups is 2. The molecule has 1 rings (SSSR count). The minimum absolute atomic E-state index is 0.177. The molecule has 1 aromatic carbocycles. The van der Waals surface area contributed by atoms with E-state index < -0.39 is 0 Å². The van der Waals surface area contributed by atoms with E-state index in [-0.39, 0.29) is 11.6 Å². The van der Waals surface area contributed by atoms with Gasteiger partial charge in [-0.1, -0.05) is 12.1 Å². The maximum atomic E-state index is 11.9. The minimum Gasteiger partial charge on any atom is -0.300 e. The van der Waals surface area contributed by atoms with E-state index >= 15 is 0 Å². The highest BCUT2D eigenvalue weighted by Crippen LogP contribution is 2.13. The van der Waals surface area contributed by atoms with Crippen molar-refractivity contribution in [2.45, 2.75) is 46.5 Å². The van der Waals surface area contributed by atoms with Crippen LogP contribution in [0.5, 0.6) is 0 Å². The Labute approximate surface area is 103 Å². The van der Waals surface area contributed by atoms with Gasteiger partial charge in [-0.05, 0) is 50.8 Å². The second-order valence-electron chi connectivity index (χ2n) is 4.63. The molecule has 0 aliphatic heterocycles. The number of hydrogen-bond acceptors (Lipinski definition) is 2. The molecule has 0 saturated carbocycles. The molecule has 0 radical (unpaired) electrons. The van der Waals surface area contributed by atoms with Crippen molar-refractivity contribution in [3.05, 3.63) is 34.9 Å². The van der Waals surface area contributed by atoms with Crippen LogP contribution in [0.1, 0.15) is 54.1 Å². The van der Waals surface area contributed by atoms with Crippen molar-refractivity contribution in [3.8, 4) is 0 Å². The standard InChI is InChI=1S/C15H20O2/c1-11-8-9-14(10-12(11)2)15(17)7-5-4-6-13(3)16/h8-10H,4-7H2,1-3H3. The van der Waals surface area contributed by atoms with Crippen molar-refractivity contribution < 1.29 is 9.59 Å². The van der Waals surface area contributed by atoms with Gasteiger partial charge >= 0.3 is 0 Å². The van der Waals surface area contributed by atoms with E-state index in [0.717, 1.165) is 24.0 Å². The van der Waals surface area contributed by atoms with Gasteiger partial charge in [-0.25, -0.2) is 0 Å². The summed E-state index contributed by atoms with van der Waals surface area (Å²) in [5.74, 6) is 0.375. The summed E-state index contributed by atoms with van der Waals surface area (Å²) >= 11 is 0. The van der Waals surface area contributed by atoms with Crippen molar-refractivity contribution >= 4 is 11.6 Å². The summed E-state index contributed by atoms with van der Waals surface area (Å²) in [6.07, 6.45) is 2.73. The predicted molar refractivity (Wildman–Crippen MR) is 69.4 cm³/mol. The molecule has 0 unspecified atom stereocenters. The average Bonchev–Trinajstić information content (AvgIpc) is 2.27. The lowest BCUT2D eigenvalue weighted by molar-refractivity contribution is -0.117. The Bertz CT molecular complexity index is 419. The van der Waals surface area contributed by atoms with E-state index in [1.807, 2.05) is 32.0 Å². The van der Waals surface area contributed by atoms with E-state index in [1.54, 1.807) is 6.92 Å². The average molecular weight is 232 g/mol. The van der Waals surface area contributed by atoms with Crippen LogP contribution >= 0.6 is 0 Å². The van der Waals surface area contributed by atoms with Crippen LogP contribution in [0.15, 0.2) is 18.2 Å². The number of aryl methyl sites for hydroxylation is 2. The predicted octanol–water partition coefficient (Wildman–Crippen LogP) is 3.64. The van der Waals surface area contributed by atoms with Crippen molar-refractivity contribution in [2.75, 3.05) is 0 Å². The second-order valence-corrected chi connectivity index (χ2v) is 4.63. The first kappa shape index (κ1) is 13.6. The Hall–Kier alpha value is -1.44. The van der Waals surface area contributed by atoms with E-state index in [4.69, 9.17) is 0 Å².